The molecule has 98 valence electrons. The highest BCUT2D eigenvalue weighted by Crippen LogP contribution is 2.24. The van der Waals surface area contributed by atoms with Gasteiger partial charge in [-0.3, -0.25) is 0 Å². The van der Waals surface area contributed by atoms with Crippen LogP contribution in [0.2, 0.25) is 0 Å². The van der Waals surface area contributed by atoms with E-state index >= 15 is 0 Å². The van der Waals surface area contributed by atoms with Gasteiger partial charge in [-0.05, 0) is 19.8 Å². The molecule has 4 nitrogen and oxygen atoms in total. The summed E-state index contributed by atoms with van der Waals surface area (Å²) in [6.07, 6.45) is 3.20. The van der Waals surface area contributed by atoms with Crippen molar-refractivity contribution in [2.75, 3.05) is 0 Å². The fourth-order valence-corrected chi connectivity index (χ4v) is 1.61. The molecule has 2 atom stereocenters. The van der Waals surface area contributed by atoms with Crippen molar-refractivity contribution in [3.63, 3.8) is 0 Å². The quantitative estimate of drug-likeness (QED) is 0.857. The van der Waals surface area contributed by atoms with E-state index in [4.69, 9.17) is 10.3 Å². The molecule has 0 fully saturated rings. The van der Waals surface area contributed by atoms with Crippen LogP contribution in [0.3, 0.4) is 0 Å². The van der Waals surface area contributed by atoms with Gasteiger partial charge in [0, 0.05) is 17.4 Å². The van der Waals surface area contributed by atoms with Gasteiger partial charge in [0.15, 0.2) is 5.82 Å². The largest absolute Gasteiger partial charge is 0.339 e. The van der Waals surface area contributed by atoms with E-state index in [-0.39, 0.29) is 11.5 Å². The number of nitrogens with zero attached hydrogens (tertiary/aromatic N) is 2. The third-order valence-corrected chi connectivity index (χ3v) is 2.83. The minimum Gasteiger partial charge on any atom is -0.339 e. The van der Waals surface area contributed by atoms with Crippen molar-refractivity contribution in [2.24, 2.45) is 5.73 Å². The third kappa shape index (κ3) is 4.46. The lowest BCUT2D eigenvalue weighted by Gasteiger charge is -2.11. The highest BCUT2D eigenvalue weighted by atomic mass is 16.5. The van der Waals surface area contributed by atoms with Crippen molar-refractivity contribution in [3.05, 3.63) is 11.7 Å². The summed E-state index contributed by atoms with van der Waals surface area (Å²) in [5.41, 5.74) is 5.68. The molecule has 0 saturated carbocycles. The Hall–Kier alpha value is -0.900. The predicted molar refractivity (Wildman–Crippen MR) is 68.9 cm³/mol. The molecule has 4 heteroatoms. The molecule has 0 saturated heterocycles. The average molecular weight is 239 g/mol. The minimum absolute atomic E-state index is 0.0484. The molecule has 17 heavy (non-hydrogen) atoms. The Morgan fingerprint density at radius 3 is 2.35 bits per heavy atom. The Morgan fingerprint density at radius 1 is 1.24 bits per heavy atom. The molecular weight excluding hydrogens is 214 g/mol. The molecular formula is C13H25N3O. The first-order valence-corrected chi connectivity index (χ1v) is 6.40. The standard InChI is InChI=1S/C13H25N3O/c1-9(7-6-8-10(2)14)11-15-12(16-17-11)13(3,4)5/h9-10H,6-8,14H2,1-5H3. The lowest BCUT2D eigenvalue weighted by Crippen LogP contribution is -2.14. The topological polar surface area (TPSA) is 64.9 Å². The summed E-state index contributed by atoms with van der Waals surface area (Å²) >= 11 is 0. The minimum atomic E-state index is -0.0484. The summed E-state index contributed by atoms with van der Waals surface area (Å²) in [4.78, 5) is 4.47. The zero-order valence-electron chi connectivity index (χ0n) is 11.7. The number of nitrogens with two attached hydrogens (primary N) is 1. The van der Waals surface area contributed by atoms with Crippen molar-refractivity contribution in [2.45, 2.75) is 71.3 Å². The second kappa shape index (κ2) is 5.63. The molecule has 0 spiro atoms. The highest BCUT2D eigenvalue weighted by Gasteiger charge is 2.22. The summed E-state index contributed by atoms with van der Waals surface area (Å²) < 4.78 is 5.32. The Kier molecular flexibility index (Phi) is 4.69. The van der Waals surface area contributed by atoms with Crippen molar-refractivity contribution in [3.8, 4) is 0 Å². The van der Waals surface area contributed by atoms with Crippen LogP contribution in [0.5, 0.6) is 0 Å². The van der Waals surface area contributed by atoms with E-state index in [9.17, 15) is 0 Å². The van der Waals surface area contributed by atoms with E-state index in [1.807, 2.05) is 6.92 Å². The number of hydrogen-bond donors (Lipinski definition) is 1. The normalized spacial score (nSPS) is 15.9. The lowest BCUT2D eigenvalue weighted by molar-refractivity contribution is 0.339. The summed E-state index contributed by atoms with van der Waals surface area (Å²) in [5.74, 6) is 1.85. The Labute approximate surface area is 104 Å². The molecule has 1 aromatic rings. The smallest absolute Gasteiger partial charge is 0.229 e. The van der Waals surface area contributed by atoms with Gasteiger partial charge in [0.25, 0.3) is 0 Å². The van der Waals surface area contributed by atoms with Gasteiger partial charge in [0.1, 0.15) is 0 Å². The third-order valence-electron chi connectivity index (χ3n) is 2.83. The van der Waals surface area contributed by atoms with Crippen LogP contribution in [-0.4, -0.2) is 16.2 Å². The molecule has 0 radical (unpaired) electrons. The van der Waals surface area contributed by atoms with Gasteiger partial charge in [0.05, 0.1) is 0 Å². The molecule has 2 N–H and O–H groups in total. The first-order chi connectivity index (χ1) is 7.80. The van der Waals surface area contributed by atoms with Gasteiger partial charge in [-0.1, -0.05) is 39.3 Å². The molecule has 1 aromatic heterocycles. The molecule has 0 aliphatic carbocycles. The van der Waals surface area contributed by atoms with E-state index < -0.39 is 0 Å². The van der Waals surface area contributed by atoms with Crippen LogP contribution in [0.15, 0.2) is 4.52 Å². The summed E-state index contributed by atoms with van der Waals surface area (Å²) in [6, 6.07) is 0.273. The Bertz CT molecular complexity index is 339. The van der Waals surface area contributed by atoms with E-state index in [0.29, 0.717) is 5.92 Å². The van der Waals surface area contributed by atoms with E-state index in [1.54, 1.807) is 0 Å². The van der Waals surface area contributed by atoms with Crippen LogP contribution in [0.4, 0.5) is 0 Å². The van der Waals surface area contributed by atoms with Crippen molar-refractivity contribution >= 4 is 0 Å². The molecule has 0 aliphatic rings. The maximum atomic E-state index is 5.73. The van der Waals surface area contributed by atoms with Gasteiger partial charge in [-0.25, -0.2) is 0 Å². The van der Waals surface area contributed by atoms with Crippen molar-refractivity contribution < 1.29 is 4.52 Å². The molecule has 0 aromatic carbocycles. The van der Waals surface area contributed by atoms with Crippen LogP contribution in [-0.2, 0) is 5.41 Å². The fraction of sp³-hybridized carbons (Fsp3) is 0.846. The van der Waals surface area contributed by atoms with E-state index in [2.05, 4.69) is 37.8 Å². The Morgan fingerprint density at radius 2 is 1.88 bits per heavy atom. The summed E-state index contributed by atoms with van der Waals surface area (Å²) in [5, 5.41) is 4.04. The van der Waals surface area contributed by atoms with Crippen LogP contribution >= 0.6 is 0 Å². The molecule has 1 heterocycles. The van der Waals surface area contributed by atoms with Gasteiger partial charge < -0.3 is 10.3 Å². The Balaban J connectivity index is 2.52. The number of rotatable bonds is 5. The zero-order chi connectivity index (χ0) is 13.1. The molecule has 0 bridgehead atoms. The number of aromatic nitrogens is 2. The lowest BCUT2D eigenvalue weighted by atomic mass is 9.96. The summed E-state index contributed by atoms with van der Waals surface area (Å²) in [7, 11) is 0. The number of hydrogen-bond acceptors (Lipinski definition) is 4. The van der Waals surface area contributed by atoms with Crippen LogP contribution < -0.4 is 5.73 Å². The van der Waals surface area contributed by atoms with Crippen LogP contribution in [0, 0.1) is 0 Å². The molecule has 0 aliphatic heterocycles. The SMILES string of the molecule is CC(N)CCCC(C)c1nc(C(C)(C)C)no1. The second-order valence-electron chi connectivity index (χ2n) is 6.02. The predicted octanol–water partition coefficient (Wildman–Crippen LogP) is 2.99. The maximum absolute atomic E-state index is 5.73. The zero-order valence-corrected chi connectivity index (χ0v) is 11.7. The highest BCUT2D eigenvalue weighted by molar-refractivity contribution is 5.01. The van der Waals surface area contributed by atoms with Gasteiger partial charge in [0.2, 0.25) is 5.89 Å². The van der Waals surface area contributed by atoms with Crippen LogP contribution in [0.1, 0.15) is 71.5 Å². The van der Waals surface area contributed by atoms with Gasteiger partial charge in [-0.15, -0.1) is 0 Å². The monoisotopic (exact) mass is 239 g/mol. The first kappa shape index (κ1) is 14.2. The van der Waals surface area contributed by atoms with Gasteiger partial charge in [-0.2, -0.15) is 4.98 Å². The van der Waals surface area contributed by atoms with E-state index in [0.717, 1.165) is 31.0 Å². The maximum Gasteiger partial charge on any atom is 0.229 e. The second-order valence-corrected chi connectivity index (χ2v) is 6.02. The van der Waals surface area contributed by atoms with Crippen LogP contribution in [0.25, 0.3) is 0 Å². The fourth-order valence-electron chi connectivity index (χ4n) is 1.61. The first-order valence-electron chi connectivity index (χ1n) is 6.40. The van der Waals surface area contributed by atoms with E-state index in [1.165, 1.54) is 0 Å². The molecule has 0 amide bonds. The average Bonchev–Trinajstić information content (AvgIpc) is 2.64. The van der Waals surface area contributed by atoms with Gasteiger partial charge >= 0.3 is 0 Å². The molecule has 1 rings (SSSR count). The molecule has 2 unspecified atom stereocenters. The van der Waals surface area contributed by atoms with Crippen molar-refractivity contribution in [1.29, 1.82) is 0 Å². The van der Waals surface area contributed by atoms with Crippen molar-refractivity contribution in [1.82, 2.24) is 10.1 Å². The summed E-state index contributed by atoms with van der Waals surface area (Å²) in [6.45, 7) is 10.4.